The van der Waals surface area contributed by atoms with Crippen LogP contribution in [0, 0.1) is 5.41 Å². The fourth-order valence-corrected chi connectivity index (χ4v) is 1.83. The first-order valence-electron chi connectivity index (χ1n) is 5.80. The number of carboxylic acids is 1. The minimum atomic E-state index is -0.739. The van der Waals surface area contributed by atoms with Crippen LogP contribution >= 0.6 is 0 Å². The van der Waals surface area contributed by atoms with Gasteiger partial charge in [-0.25, -0.2) is 0 Å². The number of ether oxygens (including phenoxy) is 2. The molecule has 5 heteroatoms. The van der Waals surface area contributed by atoms with Gasteiger partial charge in [0.1, 0.15) is 11.5 Å². The molecule has 0 saturated heterocycles. The maximum atomic E-state index is 11.1. The van der Waals surface area contributed by atoms with E-state index in [0.29, 0.717) is 18.0 Å². The Kier molecular flexibility index (Phi) is 3.32. The molecule has 0 radical (unpaired) electrons. The summed E-state index contributed by atoms with van der Waals surface area (Å²) in [6.45, 7) is 0.409. The van der Waals surface area contributed by atoms with E-state index in [0.717, 1.165) is 18.5 Å². The van der Waals surface area contributed by atoms with E-state index in [2.05, 4.69) is 5.32 Å². The largest absolute Gasteiger partial charge is 0.497 e. The zero-order chi connectivity index (χ0) is 13.2. The van der Waals surface area contributed by atoms with Crippen LogP contribution in [0.25, 0.3) is 0 Å². The number of anilines is 1. The lowest BCUT2D eigenvalue weighted by atomic mass is 10.1. The minimum Gasteiger partial charge on any atom is -0.497 e. The number of rotatable bonds is 6. The third kappa shape index (κ3) is 2.34. The molecule has 0 heterocycles. The summed E-state index contributed by atoms with van der Waals surface area (Å²) >= 11 is 0. The van der Waals surface area contributed by atoms with Gasteiger partial charge in [0, 0.05) is 12.6 Å². The molecule has 1 aromatic rings. The summed E-state index contributed by atoms with van der Waals surface area (Å²) in [4.78, 5) is 11.1. The summed E-state index contributed by atoms with van der Waals surface area (Å²) < 4.78 is 10.4. The molecule has 0 aromatic heterocycles. The van der Waals surface area contributed by atoms with Crippen molar-refractivity contribution in [1.82, 2.24) is 0 Å². The van der Waals surface area contributed by atoms with E-state index in [4.69, 9.17) is 14.6 Å². The zero-order valence-corrected chi connectivity index (χ0v) is 10.5. The van der Waals surface area contributed by atoms with Gasteiger partial charge >= 0.3 is 5.97 Å². The molecule has 1 aliphatic rings. The van der Waals surface area contributed by atoms with E-state index in [1.165, 1.54) is 0 Å². The highest BCUT2D eigenvalue weighted by atomic mass is 16.5. The Morgan fingerprint density at radius 1 is 1.39 bits per heavy atom. The molecule has 1 aliphatic carbocycles. The Balaban J connectivity index is 2.10. The molecule has 1 fully saturated rings. The Morgan fingerprint density at radius 2 is 2.11 bits per heavy atom. The minimum absolute atomic E-state index is 0.409. The molecular formula is C13H17NO4. The second-order valence-electron chi connectivity index (χ2n) is 4.51. The number of carboxylic acid groups (broad SMARTS) is 1. The Bertz CT molecular complexity index is 454. The van der Waals surface area contributed by atoms with Gasteiger partial charge in [-0.15, -0.1) is 0 Å². The maximum absolute atomic E-state index is 11.1. The van der Waals surface area contributed by atoms with Crippen LogP contribution in [-0.4, -0.2) is 31.8 Å². The van der Waals surface area contributed by atoms with Crippen molar-refractivity contribution in [2.45, 2.75) is 12.8 Å². The van der Waals surface area contributed by atoms with E-state index in [1.807, 2.05) is 0 Å². The smallest absolute Gasteiger partial charge is 0.311 e. The summed E-state index contributed by atoms with van der Waals surface area (Å²) in [5, 5.41) is 12.3. The normalized spacial score (nSPS) is 15.9. The zero-order valence-electron chi connectivity index (χ0n) is 10.5. The first-order chi connectivity index (χ1) is 8.61. The maximum Gasteiger partial charge on any atom is 0.311 e. The van der Waals surface area contributed by atoms with Gasteiger partial charge in [-0.1, -0.05) is 0 Å². The van der Waals surface area contributed by atoms with Crippen LogP contribution in [0.5, 0.6) is 11.5 Å². The van der Waals surface area contributed by atoms with Crippen molar-refractivity contribution in [1.29, 1.82) is 0 Å². The molecule has 2 N–H and O–H groups in total. The van der Waals surface area contributed by atoms with Crippen LogP contribution in [0.4, 0.5) is 5.69 Å². The van der Waals surface area contributed by atoms with E-state index >= 15 is 0 Å². The number of hydrogen-bond acceptors (Lipinski definition) is 4. The first kappa shape index (κ1) is 12.5. The van der Waals surface area contributed by atoms with Gasteiger partial charge in [0.15, 0.2) is 0 Å². The molecule has 0 aliphatic heterocycles. The van der Waals surface area contributed by atoms with Gasteiger partial charge in [-0.05, 0) is 25.0 Å². The van der Waals surface area contributed by atoms with Crippen LogP contribution in [0.15, 0.2) is 18.2 Å². The van der Waals surface area contributed by atoms with E-state index in [-0.39, 0.29) is 0 Å². The lowest BCUT2D eigenvalue weighted by Crippen LogP contribution is -2.24. The molecule has 0 amide bonds. The molecule has 0 unspecified atom stereocenters. The van der Waals surface area contributed by atoms with Gasteiger partial charge in [0.2, 0.25) is 0 Å². The summed E-state index contributed by atoms with van der Waals surface area (Å²) in [5.74, 6) is 0.646. The van der Waals surface area contributed by atoms with Crippen molar-refractivity contribution < 1.29 is 19.4 Å². The molecule has 18 heavy (non-hydrogen) atoms. The van der Waals surface area contributed by atoms with Gasteiger partial charge in [0.25, 0.3) is 0 Å². The molecule has 2 rings (SSSR count). The molecule has 5 nitrogen and oxygen atoms in total. The van der Waals surface area contributed by atoms with E-state index < -0.39 is 11.4 Å². The number of aliphatic carboxylic acids is 1. The molecule has 1 aromatic carbocycles. The van der Waals surface area contributed by atoms with Crippen molar-refractivity contribution in [3.8, 4) is 11.5 Å². The highest BCUT2D eigenvalue weighted by Crippen LogP contribution is 2.46. The van der Waals surface area contributed by atoms with Crippen LogP contribution in [0.3, 0.4) is 0 Å². The molecule has 0 atom stereocenters. The topological polar surface area (TPSA) is 67.8 Å². The van der Waals surface area contributed by atoms with Crippen LogP contribution < -0.4 is 14.8 Å². The lowest BCUT2D eigenvalue weighted by molar-refractivity contribution is -0.142. The van der Waals surface area contributed by atoms with Crippen LogP contribution in [0.1, 0.15) is 12.8 Å². The van der Waals surface area contributed by atoms with Gasteiger partial charge in [-0.2, -0.15) is 0 Å². The van der Waals surface area contributed by atoms with Crippen molar-refractivity contribution in [2.24, 2.45) is 5.41 Å². The predicted molar refractivity (Wildman–Crippen MR) is 67.3 cm³/mol. The van der Waals surface area contributed by atoms with Gasteiger partial charge in [0.05, 0.1) is 25.3 Å². The number of hydrogen-bond donors (Lipinski definition) is 2. The fourth-order valence-electron chi connectivity index (χ4n) is 1.83. The van der Waals surface area contributed by atoms with Crippen molar-refractivity contribution in [3.63, 3.8) is 0 Å². The molecule has 1 saturated carbocycles. The standard InChI is InChI=1S/C13H17NO4/c1-17-9-3-4-11(18-2)10(7-9)14-8-13(5-6-13)12(15)16/h3-4,7,14H,5-6,8H2,1-2H3,(H,15,16). The summed E-state index contributed by atoms with van der Waals surface area (Å²) in [6.07, 6.45) is 1.45. The average molecular weight is 251 g/mol. The summed E-state index contributed by atoms with van der Waals surface area (Å²) in [7, 11) is 3.17. The number of carbonyl (C=O) groups is 1. The Morgan fingerprint density at radius 3 is 2.61 bits per heavy atom. The van der Waals surface area contributed by atoms with Gasteiger partial charge in [-0.3, -0.25) is 4.79 Å². The lowest BCUT2D eigenvalue weighted by Gasteiger charge is -2.15. The molecule has 98 valence electrons. The monoisotopic (exact) mass is 251 g/mol. The highest BCUT2D eigenvalue weighted by Gasteiger charge is 2.50. The first-order valence-corrected chi connectivity index (χ1v) is 5.80. The molecule has 0 spiro atoms. The van der Waals surface area contributed by atoms with E-state index in [1.54, 1.807) is 32.4 Å². The predicted octanol–water partition coefficient (Wildman–Crippen LogP) is 1.98. The third-order valence-corrected chi connectivity index (χ3v) is 3.33. The fraction of sp³-hybridized carbons (Fsp3) is 0.462. The van der Waals surface area contributed by atoms with Crippen molar-refractivity contribution in [2.75, 3.05) is 26.1 Å². The van der Waals surface area contributed by atoms with Crippen LogP contribution in [0.2, 0.25) is 0 Å². The van der Waals surface area contributed by atoms with E-state index in [9.17, 15) is 4.79 Å². The third-order valence-electron chi connectivity index (χ3n) is 3.33. The number of methoxy groups -OCH3 is 2. The number of benzene rings is 1. The molecular weight excluding hydrogens is 234 g/mol. The summed E-state index contributed by atoms with van der Waals surface area (Å²) in [6, 6.07) is 5.40. The average Bonchev–Trinajstić information content (AvgIpc) is 3.17. The van der Waals surface area contributed by atoms with Crippen LogP contribution in [-0.2, 0) is 4.79 Å². The highest BCUT2D eigenvalue weighted by molar-refractivity contribution is 5.79. The Hall–Kier alpha value is -1.91. The van der Waals surface area contributed by atoms with Crippen molar-refractivity contribution in [3.05, 3.63) is 18.2 Å². The number of nitrogens with one attached hydrogen (secondary N) is 1. The second-order valence-corrected chi connectivity index (χ2v) is 4.51. The van der Waals surface area contributed by atoms with Crippen molar-refractivity contribution >= 4 is 11.7 Å². The second kappa shape index (κ2) is 4.76. The molecule has 0 bridgehead atoms. The SMILES string of the molecule is COc1ccc(OC)c(NCC2(C(=O)O)CC2)c1. The Labute approximate surface area is 106 Å². The van der Waals surface area contributed by atoms with Gasteiger partial charge < -0.3 is 19.9 Å². The summed E-state index contributed by atoms with van der Waals surface area (Å²) in [5.41, 5.74) is 0.151. The quantitative estimate of drug-likeness (QED) is 0.809.